The van der Waals surface area contributed by atoms with Gasteiger partial charge >= 0.3 is 0 Å². The summed E-state index contributed by atoms with van der Waals surface area (Å²) in [5.41, 5.74) is 2.33. The second kappa shape index (κ2) is 5.24. The third kappa shape index (κ3) is 2.55. The first-order valence-electron chi connectivity index (χ1n) is 7.18. The monoisotopic (exact) mass is 308 g/mol. The van der Waals surface area contributed by atoms with Gasteiger partial charge in [0.15, 0.2) is 0 Å². The zero-order chi connectivity index (χ0) is 15.8. The van der Waals surface area contributed by atoms with Crippen molar-refractivity contribution in [2.24, 2.45) is 0 Å². The number of halogens is 1. The summed E-state index contributed by atoms with van der Waals surface area (Å²) in [6.45, 7) is 0.0873. The van der Waals surface area contributed by atoms with Gasteiger partial charge in [-0.1, -0.05) is 12.1 Å². The van der Waals surface area contributed by atoms with Gasteiger partial charge in [-0.15, -0.1) is 0 Å². The average Bonchev–Trinajstić information content (AvgIpc) is 3.10. The molecule has 4 aromatic rings. The number of amides is 1. The van der Waals surface area contributed by atoms with Crippen LogP contribution in [0.25, 0.3) is 21.9 Å². The smallest absolute Gasteiger partial charge is 0.246 e. The maximum Gasteiger partial charge on any atom is 0.246 e. The molecule has 2 N–H and O–H groups in total. The summed E-state index contributed by atoms with van der Waals surface area (Å²) in [6.07, 6.45) is 1.77. The Hall–Kier alpha value is -3.15. The molecule has 5 nitrogen and oxygen atoms in total. The highest BCUT2D eigenvalue weighted by Crippen LogP contribution is 2.17. The van der Waals surface area contributed by atoms with Crippen molar-refractivity contribution in [2.45, 2.75) is 6.54 Å². The first-order valence-corrected chi connectivity index (χ1v) is 7.18. The first-order chi connectivity index (χ1) is 11.2. The minimum atomic E-state index is -0.324. The topological polar surface area (TPSA) is 62.7 Å². The molecule has 0 unspecified atom stereocenters. The van der Waals surface area contributed by atoms with E-state index < -0.39 is 0 Å². The van der Waals surface area contributed by atoms with Gasteiger partial charge in [-0.2, -0.15) is 0 Å². The van der Waals surface area contributed by atoms with E-state index in [4.69, 9.17) is 0 Å². The number of nitrogens with zero attached hydrogens (tertiary/aromatic N) is 2. The van der Waals surface area contributed by atoms with Gasteiger partial charge in [-0.05, 0) is 41.8 Å². The summed E-state index contributed by atoms with van der Waals surface area (Å²) >= 11 is 0. The Labute approximate surface area is 130 Å². The molecule has 0 saturated carbocycles. The lowest BCUT2D eigenvalue weighted by molar-refractivity contribution is -0.116. The van der Waals surface area contributed by atoms with E-state index in [9.17, 15) is 9.18 Å². The van der Waals surface area contributed by atoms with Crippen molar-refractivity contribution in [1.82, 2.24) is 14.5 Å². The van der Waals surface area contributed by atoms with E-state index in [1.807, 2.05) is 30.3 Å². The largest absolute Gasteiger partial charge is 0.338 e. The van der Waals surface area contributed by atoms with Gasteiger partial charge in [-0.3, -0.25) is 10.1 Å². The van der Waals surface area contributed by atoms with Crippen molar-refractivity contribution >= 4 is 33.8 Å². The van der Waals surface area contributed by atoms with Gasteiger partial charge in [0, 0.05) is 6.20 Å². The summed E-state index contributed by atoms with van der Waals surface area (Å²) in [6, 6.07) is 13.9. The molecule has 0 aliphatic carbocycles. The fourth-order valence-electron chi connectivity index (χ4n) is 2.63. The van der Waals surface area contributed by atoms with Gasteiger partial charge in [0.1, 0.15) is 12.4 Å². The molecule has 114 valence electrons. The van der Waals surface area contributed by atoms with Crippen LogP contribution in [0.4, 0.5) is 10.3 Å². The minimum Gasteiger partial charge on any atom is -0.338 e. The zero-order valence-electron chi connectivity index (χ0n) is 12.1. The molecule has 1 amide bonds. The van der Waals surface area contributed by atoms with Crippen LogP contribution < -0.4 is 5.32 Å². The molecular weight excluding hydrogens is 295 g/mol. The molecule has 4 rings (SSSR count). The number of benzene rings is 2. The molecule has 0 spiro atoms. The lowest BCUT2D eigenvalue weighted by atomic mass is 10.2. The number of carbonyl (C=O) groups excluding carboxylic acids is 1. The molecular formula is C17H13FN4O. The minimum absolute atomic E-state index is 0.0873. The molecule has 0 radical (unpaired) electrons. The molecule has 2 heterocycles. The summed E-state index contributed by atoms with van der Waals surface area (Å²) < 4.78 is 15.1. The molecule has 0 bridgehead atoms. The summed E-state index contributed by atoms with van der Waals surface area (Å²) in [5, 5.41) is 3.62. The number of aromatic amines is 1. The van der Waals surface area contributed by atoms with Crippen molar-refractivity contribution < 1.29 is 9.18 Å². The quantitative estimate of drug-likeness (QED) is 0.610. The van der Waals surface area contributed by atoms with Crippen molar-refractivity contribution in [2.75, 3.05) is 5.32 Å². The van der Waals surface area contributed by atoms with Gasteiger partial charge in [0.25, 0.3) is 0 Å². The molecule has 2 aromatic carbocycles. The van der Waals surface area contributed by atoms with Gasteiger partial charge in [0.2, 0.25) is 11.9 Å². The Morgan fingerprint density at radius 2 is 2.09 bits per heavy atom. The van der Waals surface area contributed by atoms with E-state index in [0.29, 0.717) is 11.5 Å². The number of hydrogen-bond acceptors (Lipinski definition) is 2. The normalized spacial score (nSPS) is 11.2. The summed E-state index contributed by atoms with van der Waals surface area (Å²) in [5.74, 6) is -0.153. The number of hydrogen-bond donors (Lipinski definition) is 2. The Morgan fingerprint density at radius 3 is 2.96 bits per heavy atom. The van der Waals surface area contributed by atoms with Crippen LogP contribution >= 0.6 is 0 Å². The summed E-state index contributed by atoms with van der Waals surface area (Å²) in [7, 11) is 0. The zero-order valence-corrected chi connectivity index (χ0v) is 12.1. The number of imidazole rings is 1. The average molecular weight is 308 g/mol. The fraction of sp³-hybridized carbons (Fsp3) is 0.0588. The van der Waals surface area contributed by atoms with E-state index in [0.717, 1.165) is 16.4 Å². The Kier molecular flexibility index (Phi) is 3.08. The van der Waals surface area contributed by atoms with E-state index >= 15 is 0 Å². The lowest BCUT2D eigenvalue weighted by Crippen LogP contribution is -2.18. The number of para-hydroxylation sites is 2. The van der Waals surface area contributed by atoms with Crippen LogP contribution in [0.2, 0.25) is 0 Å². The highest BCUT2D eigenvalue weighted by atomic mass is 19.1. The van der Waals surface area contributed by atoms with E-state index in [-0.39, 0.29) is 18.3 Å². The SMILES string of the molecule is O=C(Cn1ccc2ccc(F)cc21)Nc1nc2ccccc2[nH]1. The first kappa shape index (κ1) is 13.5. The number of anilines is 1. The van der Waals surface area contributed by atoms with Crippen LogP contribution in [0.1, 0.15) is 0 Å². The van der Waals surface area contributed by atoms with Gasteiger partial charge in [0.05, 0.1) is 16.6 Å². The van der Waals surface area contributed by atoms with E-state index in [1.54, 1.807) is 16.8 Å². The van der Waals surface area contributed by atoms with Crippen molar-refractivity contribution in [1.29, 1.82) is 0 Å². The lowest BCUT2D eigenvalue weighted by Gasteiger charge is -2.05. The molecule has 23 heavy (non-hydrogen) atoms. The molecule has 0 fully saturated rings. The number of aromatic nitrogens is 3. The third-order valence-corrected chi connectivity index (χ3v) is 3.70. The number of rotatable bonds is 3. The van der Waals surface area contributed by atoms with Crippen LogP contribution in [0.5, 0.6) is 0 Å². The molecule has 0 saturated heterocycles. The van der Waals surface area contributed by atoms with Gasteiger partial charge < -0.3 is 9.55 Å². The number of fused-ring (bicyclic) bond motifs is 2. The van der Waals surface area contributed by atoms with E-state index in [2.05, 4.69) is 15.3 Å². The molecule has 6 heteroatoms. The standard InChI is InChI=1S/C17H13FN4O/c18-12-6-5-11-7-8-22(15(11)9-12)10-16(23)21-17-19-13-3-1-2-4-14(13)20-17/h1-9H,10H2,(H2,19,20,21,23). The molecule has 0 atom stereocenters. The maximum atomic E-state index is 13.4. The second-order valence-electron chi connectivity index (χ2n) is 5.30. The number of nitrogens with one attached hydrogen (secondary N) is 2. The summed E-state index contributed by atoms with van der Waals surface area (Å²) in [4.78, 5) is 19.5. The molecule has 0 aliphatic rings. The highest BCUT2D eigenvalue weighted by Gasteiger charge is 2.09. The van der Waals surface area contributed by atoms with Crippen molar-refractivity contribution in [3.05, 3.63) is 60.5 Å². The Morgan fingerprint density at radius 1 is 1.22 bits per heavy atom. The predicted molar refractivity (Wildman–Crippen MR) is 86.6 cm³/mol. The van der Waals surface area contributed by atoms with Crippen LogP contribution in [-0.4, -0.2) is 20.4 Å². The number of carbonyl (C=O) groups is 1. The van der Waals surface area contributed by atoms with Crippen LogP contribution in [0.15, 0.2) is 54.7 Å². The highest BCUT2D eigenvalue weighted by molar-refractivity contribution is 5.92. The van der Waals surface area contributed by atoms with Gasteiger partial charge in [-0.25, -0.2) is 9.37 Å². The second-order valence-corrected chi connectivity index (χ2v) is 5.30. The van der Waals surface area contributed by atoms with E-state index in [1.165, 1.54) is 12.1 Å². The van der Waals surface area contributed by atoms with Crippen LogP contribution in [-0.2, 0) is 11.3 Å². The Bertz CT molecular complexity index is 985. The van der Waals surface area contributed by atoms with Crippen molar-refractivity contribution in [3.8, 4) is 0 Å². The number of H-pyrrole nitrogens is 1. The third-order valence-electron chi connectivity index (χ3n) is 3.70. The molecule has 2 aromatic heterocycles. The predicted octanol–water partition coefficient (Wildman–Crippen LogP) is 3.30. The van der Waals surface area contributed by atoms with Crippen LogP contribution in [0, 0.1) is 5.82 Å². The Balaban J connectivity index is 1.56. The molecule has 0 aliphatic heterocycles. The maximum absolute atomic E-state index is 13.4. The van der Waals surface area contributed by atoms with Crippen molar-refractivity contribution in [3.63, 3.8) is 0 Å². The fourth-order valence-corrected chi connectivity index (χ4v) is 2.63. The van der Waals surface area contributed by atoms with Crippen LogP contribution in [0.3, 0.4) is 0 Å².